The van der Waals surface area contributed by atoms with Crippen LogP contribution in [0.2, 0.25) is 0 Å². The summed E-state index contributed by atoms with van der Waals surface area (Å²) in [7, 11) is 1.68. The maximum atomic E-state index is 12.8. The van der Waals surface area contributed by atoms with Crippen LogP contribution in [0.1, 0.15) is 19.3 Å². The summed E-state index contributed by atoms with van der Waals surface area (Å²) in [4.78, 5) is 13.6. The van der Waals surface area contributed by atoms with E-state index in [0.29, 0.717) is 12.3 Å². The molecule has 98 valence electrons. The van der Waals surface area contributed by atoms with Gasteiger partial charge in [0, 0.05) is 32.2 Å². The van der Waals surface area contributed by atoms with Gasteiger partial charge in [0.25, 0.3) is 0 Å². The van der Waals surface area contributed by atoms with Gasteiger partial charge in [-0.3, -0.25) is 4.79 Å². The third-order valence-corrected chi connectivity index (χ3v) is 3.56. The van der Waals surface area contributed by atoms with E-state index in [0.717, 1.165) is 31.6 Å². The molecule has 1 saturated heterocycles. The zero-order valence-electron chi connectivity index (χ0n) is 10.7. The van der Waals surface area contributed by atoms with E-state index < -0.39 is 0 Å². The summed E-state index contributed by atoms with van der Waals surface area (Å²) in [5.74, 6) is 0.394. The minimum absolute atomic E-state index is 0.121. The molecule has 0 aromatic heterocycles. The lowest BCUT2D eigenvalue weighted by molar-refractivity contribution is -0.121. The molecule has 3 nitrogen and oxygen atoms in total. The van der Waals surface area contributed by atoms with E-state index in [1.807, 2.05) is 12.1 Å². The minimum atomic E-state index is -0.201. The topological polar surface area (TPSA) is 32.3 Å². The second-order valence-electron chi connectivity index (χ2n) is 4.78. The van der Waals surface area contributed by atoms with Crippen LogP contribution < -0.4 is 10.2 Å². The van der Waals surface area contributed by atoms with Crippen molar-refractivity contribution in [1.29, 1.82) is 0 Å². The summed E-state index contributed by atoms with van der Waals surface area (Å²) < 4.78 is 12.8. The van der Waals surface area contributed by atoms with Gasteiger partial charge in [0.15, 0.2) is 0 Å². The van der Waals surface area contributed by atoms with Gasteiger partial charge < -0.3 is 10.2 Å². The normalized spacial score (nSPS) is 16.7. The fourth-order valence-corrected chi connectivity index (χ4v) is 2.41. The summed E-state index contributed by atoms with van der Waals surface area (Å²) in [5, 5.41) is 2.67. The van der Waals surface area contributed by atoms with Crippen molar-refractivity contribution in [3.8, 4) is 0 Å². The highest BCUT2D eigenvalue weighted by molar-refractivity contribution is 5.75. The van der Waals surface area contributed by atoms with Crippen molar-refractivity contribution < 1.29 is 9.18 Å². The predicted octanol–water partition coefficient (Wildman–Crippen LogP) is 2.18. The molecule has 0 unspecified atom stereocenters. The van der Waals surface area contributed by atoms with Gasteiger partial charge in [-0.05, 0) is 43.0 Å². The number of rotatable bonds is 3. The van der Waals surface area contributed by atoms with Crippen LogP contribution in [-0.4, -0.2) is 26.0 Å². The SMILES string of the molecule is CNC(=O)CC1CCN(c2ccc(F)cc2)CC1. The lowest BCUT2D eigenvalue weighted by Gasteiger charge is -2.33. The van der Waals surface area contributed by atoms with Gasteiger partial charge in [0.2, 0.25) is 5.91 Å². The number of benzene rings is 1. The zero-order valence-corrected chi connectivity index (χ0v) is 10.7. The molecule has 18 heavy (non-hydrogen) atoms. The van der Waals surface area contributed by atoms with E-state index in [1.54, 1.807) is 7.05 Å². The smallest absolute Gasteiger partial charge is 0.220 e. The summed E-state index contributed by atoms with van der Waals surface area (Å²) >= 11 is 0. The quantitative estimate of drug-likeness (QED) is 0.891. The zero-order chi connectivity index (χ0) is 13.0. The van der Waals surface area contributed by atoms with Crippen molar-refractivity contribution >= 4 is 11.6 Å². The molecule has 2 rings (SSSR count). The van der Waals surface area contributed by atoms with Crippen molar-refractivity contribution in [3.05, 3.63) is 30.1 Å². The molecular weight excluding hydrogens is 231 g/mol. The first-order valence-corrected chi connectivity index (χ1v) is 6.40. The Morgan fingerprint density at radius 3 is 2.50 bits per heavy atom. The van der Waals surface area contributed by atoms with Crippen LogP contribution in [-0.2, 0) is 4.79 Å². The Bertz CT molecular complexity index is 397. The number of hydrogen-bond donors (Lipinski definition) is 1. The van der Waals surface area contributed by atoms with Crippen molar-refractivity contribution in [2.45, 2.75) is 19.3 Å². The molecule has 0 saturated carbocycles. The average molecular weight is 250 g/mol. The fourth-order valence-electron chi connectivity index (χ4n) is 2.41. The van der Waals surface area contributed by atoms with Gasteiger partial charge in [-0.2, -0.15) is 0 Å². The number of piperidine rings is 1. The van der Waals surface area contributed by atoms with Gasteiger partial charge in [-0.25, -0.2) is 4.39 Å². The highest BCUT2D eigenvalue weighted by atomic mass is 19.1. The van der Waals surface area contributed by atoms with Crippen LogP contribution in [0.3, 0.4) is 0 Å². The number of anilines is 1. The monoisotopic (exact) mass is 250 g/mol. The fraction of sp³-hybridized carbons (Fsp3) is 0.500. The van der Waals surface area contributed by atoms with Crippen LogP contribution >= 0.6 is 0 Å². The molecule has 1 heterocycles. The predicted molar refractivity (Wildman–Crippen MR) is 70.0 cm³/mol. The number of nitrogens with zero attached hydrogens (tertiary/aromatic N) is 1. The summed E-state index contributed by atoms with van der Waals surface area (Å²) in [6, 6.07) is 6.61. The number of carbonyl (C=O) groups is 1. The molecule has 0 aliphatic carbocycles. The second-order valence-corrected chi connectivity index (χ2v) is 4.78. The second kappa shape index (κ2) is 5.85. The number of carbonyl (C=O) groups excluding carboxylic acids is 1. The summed E-state index contributed by atoms with van der Waals surface area (Å²) in [5.41, 5.74) is 1.06. The maximum absolute atomic E-state index is 12.8. The van der Waals surface area contributed by atoms with Crippen LogP contribution in [0.4, 0.5) is 10.1 Å². The molecule has 1 aromatic carbocycles. The molecule has 1 aliphatic rings. The van der Waals surface area contributed by atoms with Gasteiger partial charge in [-0.15, -0.1) is 0 Å². The molecule has 0 radical (unpaired) electrons. The van der Waals surface area contributed by atoms with Crippen molar-refractivity contribution in [1.82, 2.24) is 5.32 Å². The minimum Gasteiger partial charge on any atom is -0.372 e. The lowest BCUT2D eigenvalue weighted by Crippen LogP contribution is -2.35. The molecule has 1 fully saturated rings. The van der Waals surface area contributed by atoms with E-state index in [-0.39, 0.29) is 11.7 Å². The highest BCUT2D eigenvalue weighted by Crippen LogP contribution is 2.25. The van der Waals surface area contributed by atoms with Crippen LogP contribution in [0.25, 0.3) is 0 Å². The van der Waals surface area contributed by atoms with E-state index in [1.165, 1.54) is 12.1 Å². The van der Waals surface area contributed by atoms with Crippen molar-refractivity contribution in [2.24, 2.45) is 5.92 Å². The van der Waals surface area contributed by atoms with E-state index in [9.17, 15) is 9.18 Å². The van der Waals surface area contributed by atoms with Gasteiger partial charge in [0.1, 0.15) is 5.82 Å². The van der Waals surface area contributed by atoms with Gasteiger partial charge in [0.05, 0.1) is 0 Å². The van der Waals surface area contributed by atoms with Crippen LogP contribution in [0.15, 0.2) is 24.3 Å². The molecule has 1 aliphatic heterocycles. The number of halogens is 1. The van der Waals surface area contributed by atoms with E-state index in [2.05, 4.69) is 10.2 Å². The Balaban J connectivity index is 1.86. The van der Waals surface area contributed by atoms with E-state index in [4.69, 9.17) is 0 Å². The van der Waals surface area contributed by atoms with Gasteiger partial charge >= 0.3 is 0 Å². The molecular formula is C14H19FN2O. The highest BCUT2D eigenvalue weighted by Gasteiger charge is 2.21. The molecule has 1 aromatic rings. The summed E-state index contributed by atoms with van der Waals surface area (Å²) in [6.07, 6.45) is 2.66. The third kappa shape index (κ3) is 3.22. The first kappa shape index (κ1) is 12.9. The number of nitrogens with one attached hydrogen (secondary N) is 1. The molecule has 0 bridgehead atoms. The molecule has 0 spiro atoms. The Morgan fingerprint density at radius 1 is 1.33 bits per heavy atom. The molecule has 0 atom stereocenters. The van der Waals surface area contributed by atoms with E-state index >= 15 is 0 Å². The van der Waals surface area contributed by atoms with Crippen molar-refractivity contribution in [2.75, 3.05) is 25.0 Å². The first-order chi connectivity index (χ1) is 8.69. The molecule has 1 amide bonds. The van der Waals surface area contributed by atoms with Crippen molar-refractivity contribution in [3.63, 3.8) is 0 Å². The molecule has 1 N–H and O–H groups in total. The average Bonchev–Trinajstić information content (AvgIpc) is 2.40. The standard InChI is InChI=1S/C14H19FN2O/c1-16-14(18)10-11-6-8-17(9-7-11)13-4-2-12(15)3-5-13/h2-5,11H,6-10H2,1H3,(H,16,18). The summed E-state index contributed by atoms with van der Waals surface area (Å²) in [6.45, 7) is 1.88. The van der Waals surface area contributed by atoms with Gasteiger partial charge in [-0.1, -0.05) is 0 Å². The Kier molecular flexibility index (Phi) is 4.18. The van der Waals surface area contributed by atoms with Crippen LogP contribution in [0.5, 0.6) is 0 Å². The third-order valence-electron chi connectivity index (χ3n) is 3.56. The van der Waals surface area contributed by atoms with Crippen LogP contribution in [0, 0.1) is 11.7 Å². The Hall–Kier alpha value is -1.58. The Morgan fingerprint density at radius 2 is 1.94 bits per heavy atom. The first-order valence-electron chi connectivity index (χ1n) is 6.40. The Labute approximate surface area is 107 Å². The number of amides is 1. The maximum Gasteiger partial charge on any atom is 0.220 e. The number of hydrogen-bond acceptors (Lipinski definition) is 2. The lowest BCUT2D eigenvalue weighted by atomic mass is 9.93. The largest absolute Gasteiger partial charge is 0.372 e. The molecule has 4 heteroatoms.